The Labute approximate surface area is 246 Å². The number of carbonyl (C=O) groups excluding carboxylic acids is 3. The molecule has 226 valence electrons. The van der Waals surface area contributed by atoms with Gasteiger partial charge in [-0.05, 0) is 57.9 Å². The number of amides is 3. The molecule has 11 heteroatoms. The average molecular weight is 581 g/mol. The average Bonchev–Trinajstić information content (AvgIpc) is 3.37. The molecule has 2 aromatic carbocycles. The lowest BCUT2D eigenvalue weighted by Gasteiger charge is -2.36. The number of carbonyl (C=O) groups is 3. The van der Waals surface area contributed by atoms with Crippen LogP contribution in [0.2, 0.25) is 0 Å². The van der Waals surface area contributed by atoms with Crippen molar-refractivity contribution in [3.63, 3.8) is 0 Å². The molecule has 3 amide bonds. The van der Waals surface area contributed by atoms with Crippen LogP contribution in [0.15, 0.2) is 47.0 Å². The summed E-state index contributed by atoms with van der Waals surface area (Å²) in [6, 6.07) is 10.9. The van der Waals surface area contributed by atoms with Crippen LogP contribution in [-0.4, -0.2) is 49.7 Å². The molecule has 0 aliphatic rings. The Kier molecular flexibility index (Phi) is 10.6. The predicted molar refractivity (Wildman–Crippen MR) is 159 cm³/mol. The van der Waals surface area contributed by atoms with Crippen LogP contribution in [-0.2, 0) is 14.4 Å². The highest BCUT2D eigenvalue weighted by atomic mass is 16.5. The summed E-state index contributed by atoms with van der Waals surface area (Å²) in [5.41, 5.74) is 1.03. The van der Waals surface area contributed by atoms with Crippen LogP contribution in [0.25, 0.3) is 0 Å². The fourth-order valence-corrected chi connectivity index (χ4v) is 4.39. The summed E-state index contributed by atoms with van der Waals surface area (Å²) in [5, 5.41) is 9.48. The monoisotopic (exact) mass is 580 g/mol. The van der Waals surface area contributed by atoms with Gasteiger partial charge < -0.3 is 29.4 Å². The third kappa shape index (κ3) is 7.59. The molecule has 0 aliphatic carbocycles. The lowest BCUT2D eigenvalue weighted by molar-refractivity contribution is -0.128. The fourth-order valence-electron chi connectivity index (χ4n) is 4.39. The molecule has 0 saturated heterocycles. The van der Waals surface area contributed by atoms with E-state index in [0.29, 0.717) is 40.7 Å². The molecular formula is C31H40N4O7. The topological polar surface area (TPSA) is 132 Å². The van der Waals surface area contributed by atoms with Crippen molar-refractivity contribution in [3.05, 3.63) is 59.4 Å². The molecule has 3 rings (SSSR count). The molecule has 0 radical (unpaired) electrons. The molecule has 0 spiro atoms. The quantitative estimate of drug-likeness (QED) is 0.285. The van der Waals surface area contributed by atoms with E-state index in [1.165, 1.54) is 26.2 Å². The van der Waals surface area contributed by atoms with Gasteiger partial charge in [0.25, 0.3) is 0 Å². The number of rotatable bonds is 13. The van der Waals surface area contributed by atoms with Crippen LogP contribution in [0.3, 0.4) is 0 Å². The predicted octanol–water partition coefficient (Wildman–Crippen LogP) is 5.12. The lowest BCUT2D eigenvalue weighted by Crippen LogP contribution is -2.50. The maximum atomic E-state index is 14.2. The zero-order valence-corrected chi connectivity index (χ0v) is 25.5. The second kappa shape index (κ2) is 13.9. The van der Waals surface area contributed by atoms with Gasteiger partial charge in [0.1, 0.15) is 17.6 Å². The van der Waals surface area contributed by atoms with E-state index in [-0.39, 0.29) is 18.7 Å². The maximum Gasteiger partial charge on any atom is 0.248 e. The van der Waals surface area contributed by atoms with Crippen molar-refractivity contribution in [2.24, 2.45) is 0 Å². The standard InChI is InChI=1S/C31H40N4O7/c1-9-31(4,5)33-30(38)28(21-11-10-12-24(40-7)29(21)41-8)35(22-17-19(2)13-14-23(22)39-6)27(37)16-15-26(36)32-25-18-20(3)42-34-25/h10-14,17-18,28H,9,15-16H2,1-8H3,(H,33,38)(H,32,34,36)/t28-/m1/s1. The first kappa shape index (κ1) is 32.0. The number of hydrogen-bond acceptors (Lipinski definition) is 8. The smallest absolute Gasteiger partial charge is 0.248 e. The first-order valence-electron chi connectivity index (χ1n) is 13.7. The van der Waals surface area contributed by atoms with Crippen LogP contribution < -0.4 is 29.7 Å². The number of nitrogens with one attached hydrogen (secondary N) is 2. The Morgan fingerprint density at radius 3 is 2.29 bits per heavy atom. The Morgan fingerprint density at radius 1 is 0.976 bits per heavy atom. The summed E-state index contributed by atoms with van der Waals surface area (Å²) in [4.78, 5) is 42.5. The molecule has 1 atom stereocenters. The second-order valence-corrected chi connectivity index (χ2v) is 10.5. The largest absolute Gasteiger partial charge is 0.495 e. The Hall–Kier alpha value is -4.54. The lowest BCUT2D eigenvalue weighted by atomic mass is 9.96. The molecule has 3 aromatic rings. The zero-order valence-electron chi connectivity index (χ0n) is 25.5. The minimum atomic E-state index is -1.20. The van der Waals surface area contributed by atoms with Crippen LogP contribution >= 0.6 is 0 Å². The van der Waals surface area contributed by atoms with Gasteiger partial charge in [-0.1, -0.05) is 30.3 Å². The van der Waals surface area contributed by atoms with Crippen molar-refractivity contribution in [1.29, 1.82) is 0 Å². The normalized spacial score (nSPS) is 11.8. The molecule has 0 saturated carbocycles. The van der Waals surface area contributed by atoms with Crippen molar-refractivity contribution in [2.45, 2.75) is 65.5 Å². The number of anilines is 2. The number of methoxy groups -OCH3 is 3. The van der Waals surface area contributed by atoms with Gasteiger partial charge in [-0.25, -0.2) is 0 Å². The Bertz CT molecular complexity index is 1420. The van der Waals surface area contributed by atoms with Gasteiger partial charge in [0, 0.05) is 30.0 Å². The third-order valence-corrected chi connectivity index (χ3v) is 6.90. The van der Waals surface area contributed by atoms with E-state index < -0.39 is 29.3 Å². The van der Waals surface area contributed by atoms with Crippen molar-refractivity contribution < 1.29 is 33.1 Å². The molecule has 2 N–H and O–H groups in total. The second-order valence-electron chi connectivity index (χ2n) is 10.5. The van der Waals surface area contributed by atoms with Crippen LogP contribution in [0, 0.1) is 13.8 Å². The molecule has 1 aromatic heterocycles. The number of hydrogen-bond donors (Lipinski definition) is 2. The highest BCUT2D eigenvalue weighted by molar-refractivity contribution is 6.04. The summed E-state index contributed by atoms with van der Waals surface area (Å²) in [6.07, 6.45) is 0.260. The van der Waals surface area contributed by atoms with Gasteiger partial charge in [-0.3, -0.25) is 19.3 Å². The molecular weight excluding hydrogens is 540 g/mol. The summed E-state index contributed by atoms with van der Waals surface area (Å²) in [6.45, 7) is 9.35. The molecule has 0 aliphatic heterocycles. The zero-order chi connectivity index (χ0) is 31.0. The molecule has 0 unspecified atom stereocenters. The van der Waals surface area contributed by atoms with E-state index in [4.69, 9.17) is 18.7 Å². The first-order chi connectivity index (χ1) is 19.9. The van der Waals surface area contributed by atoms with Crippen molar-refractivity contribution in [2.75, 3.05) is 31.5 Å². The van der Waals surface area contributed by atoms with E-state index in [2.05, 4.69) is 15.8 Å². The van der Waals surface area contributed by atoms with Gasteiger partial charge in [-0.15, -0.1) is 0 Å². The molecule has 42 heavy (non-hydrogen) atoms. The van der Waals surface area contributed by atoms with Gasteiger partial charge in [0.2, 0.25) is 17.7 Å². The molecule has 1 heterocycles. The summed E-state index contributed by atoms with van der Waals surface area (Å²) >= 11 is 0. The van der Waals surface area contributed by atoms with E-state index in [9.17, 15) is 14.4 Å². The van der Waals surface area contributed by atoms with Gasteiger partial charge in [0.15, 0.2) is 17.3 Å². The third-order valence-electron chi connectivity index (χ3n) is 6.90. The van der Waals surface area contributed by atoms with Crippen LogP contribution in [0.5, 0.6) is 17.2 Å². The van der Waals surface area contributed by atoms with Gasteiger partial charge in [0.05, 0.1) is 27.0 Å². The molecule has 0 bridgehead atoms. The first-order valence-corrected chi connectivity index (χ1v) is 13.7. The summed E-state index contributed by atoms with van der Waals surface area (Å²) in [5.74, 6) is 0.521. The molecule has 0 fully saturated rings. The minimum absolute atomic E-state index is 0.167. The Balaban J connectivity index is 2.15. The van der Waals surface area contributed by atoms with Gasteiger partial charge >= 0.3 is 0 Å². The molecule has 11 nitrogen and oxygen atoms in total. The number of ether oxygens (including phenoxy) is 3. The van der Waals surface area contributed by atoms with Crippen molar-refractivity contribution in [3.8, 4) is 17.2 Å². The number of para-hydroxylation sites is 1. The van der Waals surface area contributed by atoms with Gasteiger partial charge in [-0.2, -0.15) is 0 Å². The van der Waals surface area contributed by atoms with E-state index in [1.54, 1.807) is 43.3 Å². The SMILES string of the molecule is CCC(C)(C)NC(=O)[C@@H](c1cccc(OC)c1OC)N(C(=O)CCC(=O)Nc1cc(C)on1)c1cc(C)ccc1OC. The minimum Gasteiger partial charge on any atom is -0.495 e. The highest BCUT2D eigenvalue weighted by Crippen LogP contribution is 2.42. The van der Waals surface area contributed by atoms with E-state index in [0.717, 1.165) is 5.56 Å². The van der Waals surface area contributed by atoms with E-state index in [1.807, 2.05) is 33.8 Å². The van der Waals surface area contributed by atoms with Crippen LogP contribution in [0.1, 0.15) is 63.0 Å². The highest BCUT2D eigenvalue weighted by Gasteiger charge is 2.38. The number of aromatic nitrogens is 1. The maximum absolute atomic E-state index is 14.2. The van der Waals surface area contributed by atoms with Crippen molar-refractivity contribution in [1.82, 2.24) is 10.5 Å². The number of nitrogens with zero attached hydrogens (tertiary/aromatic N) is 2. The summed E-state index contributed by atoms with van der Waals surface area (Å²) < 4.78 is 21.9. The van der Waals surface area contributed by atoms with Crippen molar-refractivity contribution >= 4 is 29.2 Å². The van der Waals surface area contributed by atoms with Crippen LogP contribution in [0.4, 0.5) is 11.5 Å². The fraction of sp³-hybridized carbons (Fsp3) is 0.419. The number of benzene rings is 2. The Morgan fingerprint density at radius 2 is 1.69 bits per heavy atom. The van der Waals surface area contributed by atoms with E-state index >= 15 is 0 Å². The summed E-state index contributed by atoms with van der Waals surface area (Å²) in [7, 11) is 4.46. The number of aryl methyl sites for hydroxylation is 2.